The van der Waals surface area contributed by atoms with Crippen LogP contribution >= 0.6 is 0 Å². The number of aliphatic hydroxyl groups excluding tert-OH is 1. The highest BCUT2D eigenvalue weighted by molar-refractivity contribution is 5.89. The first-order chi connectivity index (χ1) is 17.7. The molecule has 5 heterocycles. The predicted octanol–water partition coefficient (Wildman–Crippen LogP) is 3.06. The van der Waals surface area contributed by atoms with E-state index in [-0.39, 0.29) is 6.04 Å². The molecule has 36 heavy (non-hydrogen) atoms. The molecule has 1 N–H and O–H groups in total. The van der Waals surface area contributed by atoms with Gasteiger partial charge < -0.3 is 14.7 Å². The maximum Gasteiger partial charge on any atom is 0.172 e. The lowest BCUT2D eigenvalue weighted by atomic mass is 10.0. The van der Waals surface area contributed by atoms with Crippen LogP contribution in [0.25, 0.3) is 22.4 Å². The standard InChI is InChI=1S/C27H30N7O2/c1-19-5-2-3-7-22(19)25-30-26(33-13-14-36-24(35)18-33)23-16-29-34(27(23)31-25)21-8-11-32(12-9-21)17-20-6-4-10-28-15-20/h2-7,10,15-16,21,24,35H,1,8-9,11-14,17-18H2. The fraction of sp³-hybridized carbons (Fsp3) is 0.370. The van der Waals surface area contributed by atoms with Crippen LogP contribution in [0.3, 0.4) is 0 Å². The number of ether oxygens (including phenoxy) is 1. The molecule has 3 aromatic heterocycles. The van der Waals surface area contributed by atoms with Crippen molar-refractivity contribution in [3.8, 4) is 11.4 Å². The molecule has 4 aromatic rings. The number of aromatic nitrogens is 5. The highest BCUT2D eigenvalue weighted by Crippen LogP contribution is 2.33. The first kappa shape index (κ1) is 23.0. The first-order valence-electron chi connectivity index (χ1n) is 12.5. The number of morpholine rings is 1. The summed E-state index contributed by atoms with van der Waals surface area (Å²) in [4.78, 5) is 18.7. The number of pyridine rings is 1. The van der Waals surface area contributed by atoms with Gasteiger partial charge in [0.1, 0.15) is 5.82 Å². The molecule has 185 valence electrons. The van der Waals surface area contributed by atoms with Crippen molar-refractivity contribution in [3.05, 3.63) is 73.0 Å². The quantitative estimate of drug-likeness (QED) is 0.462. The molecule has 2 aliphatic rings. The third kappa shape index (κ3) is 4.57. The van der Waals surface area contributed by atoms with E-state index < -0.39 is 6.29 Å². The molecule has 6 rings (SSSR count). The van der Waals surface area contributed by atoms with Gasteiger partial charge in [0.2, 0.25) is 0 Å². The molecule has 0 aliphatic carbocycles. The maximum atomic E-state index is 10.1. The van der Waals surface area contributed by atoms with Crippen molar-refractivity contribution < 1.29 is 9.84 Å². The van der Waals surface area contributed by atoms with Crippen molar-refractivity contribution in [2.75, 3.05) is 37.7 Å². The van der Waals surface area contributed by atoms with Gasteiger partial charge in [-0.05, 0) is 37.0 Å². The number of benzene rings is 1. The van der Waals surface area contributed by atoms with E-state index in [1.165, 1.54) is 5.56 Å². The fourth-order valence-electron chi connectivity index (χ4n) is 5.17. The van der Waals surface area contributed by atoms with E-state index >= 15 is 0 Å². The van der Waals surface area contributed by atoms with Gasteiger partial charge in [-0.1, -0.05) is 30.3 Å². The second-order valence-electron chi connectivity index (χ2n) is 9.49. The molecule has 9 heteroatoms. The molecule has 0 amide bonds. The smallest absolute Gasteiger partial charge is 0.172 e. The molecule has 0 bridgehead atoms. The summed E-state index contributed by atoms with van der Waals surface area (Å²) in [5, 5.41) is 15.8. The van der Waals surface area contributed by atoms with E-state index in [9.17, 15) is 5.11 Å². The Balaban J connectivity index is 1.33. The highest BCUT2D eigenvalue weighted by atomic mass is 16.6. The van der Waals surface area contributed by atoms with Crippen LogP contribution in [0.5, 0.6) is 0 Å². The van der Waals surface area contributed by atoms with E-state index in [0.717, 1.165) is 60.5 Å². The summed E-state index contributed by atoms with van der Waals surface area (Å²) >= 11 is 0. The summed E-state index contributed by atoms with van der Waals surface area (Å²) < 4.78 is 7.44. The Hall–Kier alpha value is -3.40. The molecular weight excluding hydrogens is 454 g/mol. The van der Waals surface area contributed by atoms with Crippen LogP contribution in [0.15, 0.2) is 55.0 Å². The number of β-amino-alcohol motifs (C(OH)–C–C–N with tert-alkyl or cyclic N) is 1. The van der Waals surface area contributed by atoms with Gasteiger partial charge in [-0.2, -0.15) is 5.10 Å². The van der Waals surface area contributed by atoms with Gasteiger partial charge in [-0.15, -0.1) is 0 Å². The number of hydrogen-bond donors (Lipinski definition) is 1. The van der Waals surface area contributed by atoms with E-state index in [1.54, 1.807) is 0 Å². The third-order valence-electron chi connectivity index (χ3n) is 7.07. The average Bonchev–Trinajstić information content (AvgIpc) is 3.33. The lowest BCUT2D eigenvalue weighted by molar-refractivity contribution is -0.104. The molecule has 0 spiro atoms. The first-order valence-corrected chi connectivity index (χ1v) is 12.5. The number of rotatable bonds is 5. The summed E-state index contributed by atoms with van der Waals surface area (Å²) in [5.41, 5.74) is 3.83. The van der Waals surface area contributed by atoms with Gasteiger partial charge in [-0.25, -0.2) is 14.6 Å². The zero-order chi connectivity index (χ0) is 24.5. The van der Waals surface area contributed by atoms with E-state index in [4.69, 9.17) is 19.8 Å². The summed E-state index contributed by atoms with van der Waals surface area (Å²) in [6.45, 7) is 8.52. The Bertz CT molecular complexity index is 1330. The van der Waals surface area contributed by atoms with Crippen molar-refractivity contribution in [3.63, 3.8) is 0 Å². The van der Waals surface area contributed by atoms with Gasteiger partial charge >= 0.3 is 0 Å². The van der Waals surface area contributed by atoms with E-state index in [0.29, 0.717) is 25.5 Å². The van der Waals surface area contributed by atoms with Gasteiger partial charge in [0.05, 0.1) is 30.8 Å². The van der Waals surface area contributed by atoms with E-state index in [1.807, 2.05) is 48.9 Å². The van der Waals surface area contributed by atoms with Crippen LogP contribution < -0.4 is 4.90 Å². The molecule has 2 saturated heterocycles. The van der Waals surface area contributed by atoms with Crippen molar-refractivity contribution in [2.24, 2.45) is 0 Å². The molecule has 2 fully saturated rings. The van der Waals surface area contributed by atoms with Crippen LogP contribution in [0, 0.1) is 6.92 Å². The maximum absolute atomic E-state index is 10.1. The number of hydrogen-bond acceptors (Lipinski definition) is 8. The minimum Gasteiger partial charge on any atom is -0.366 e. The Morgan fingerprint density at radius 2 is 1.89 bits per heavy atom. The van der Waals surface area contributed by atoms with Gasteiger partial charge in [-0.3, -0.25) is 9.88 Å². The fourth-order valence-corrected chi connectivity index (χ4v) is 5.17. The molecule has 9 nitrogen and oxygen atoms in total. The van der Waals surface area contributed by atoms with Crippen LogP contribution in [0.2, 0.25) is 0 Å². The van der Waals surface area contributed by atoms with Gasteiger partial charge in [0.25, 0.3) is 0 Å². The Labute approximate surface area is 210 Å². The minimum absolute atomic E-state index is 0.258. The van der Waals surface area contributed by atoms with Crippen LogP contribution in [0.1, 0.15) is 30.0 Å². The number of fused-ring (bicyclic) bond motifs is 1. The van der Waals surface area contributed by atoms with Gasteiger partial charge in [0, 0.05) is 44.1 Å². The molecule has 1 aromatic carbocycles. The lowest BCUT2D eigenvalue weighted by Crippen LogP contribution is -2.43. The van der Waals surface area contributed by atoms with Gasteiger partial charge in [0.15, 0.2) is 17.8 Å². The summed E-state index contributed by atoms with van der Waals surface area (Å²) in [6, 6.07) is 12.3. The largest absolute Gasteiger partial charge is 0.366 e. The van der Waals surface area contributed by atoms with Crippen LogP contribution in [-0.4, -0.2) is 73.8 Å². The second-order valence-corrected chi connectivity index (χ2v) is 9.49. The van der Waals surface area contributed by atoms with Crippen LogP contribution in [-0.2, 0) is 11.3 Å². The zero-order valence-electron chi connectivity index (χ0n) is 20.2. The summed E-state index contributed by atoms with van der Waals surface area (Å²) in [7, 11) is 0. The molecule has 2 aliphatic heterocycles. The number of aliphatic hydroxyl groups is 1. The lowest BCUT2D eigenvalue weighted by Gasteiger charge is -2.32. The number of likely N-dealkylation sites (tertiary alicyclic amines) is 1. The SMILES string of the molecule is [CH2]c1ccccc1-c1nc(N2CCOC(O)C2)c2cnn(C3CCN(Cc4cccnc4)CC3)c2n1. The average molecular weight is 485 g/mol. The van der Waals surface area contributed by atoms with E-state index in [2.05, 4.69) is 32.5 Å². The normalized spacial score (nSPS) is 19.7. The summed E-state index contributed by atoms with van der Waals surface area (Å²) in [6.07, 6.45) is 6.77. The van der Waals surface area contributed by atoms with Crippen molar-refractivity contribution in [1.29, 1.82) is 0 Å². The Kier molecular flexibility index (Phi) is 6.35. The molecule has 1 radical (unpaired) electrons. The number of piperidine rings is 1. The molecule has 1 atom stereocenters. The van der Waals surface area contributed by atoms with Crippen LogP contribution in [0.4, 0.5) is 5.82 Å². The zero-order valence-corrected chi connectivity index (χ0v) is 20.2. The Morgan fingerprint density at radius 1 is 1.03 bits per heavy atom. The second kappa shape index (κ2) is 9.93. The number of nitrogens with zero attached hydrogens (tertiary/aromatic N) is 7. The van der Waals surface area contributed by atoms with Crippen molar-refractivity contribution >= 4 is 16.9 Å². The van der Waals surface area contributed by atoms with Crippen molar-refractivity contribution in [1.82, 2.24) is 29.6 Å². The number of anilines is 1. The molecular formula is C27H30N7O2. The topological polar surface area (TPSA) is 92.4 Å². The predicted molar refractivity (Wildman–Crippen MR) is 137 cm³/mol. The molecule has 1 unspecified atom stereocenters. The minimum atomic E-state index is -0.841. The highest BCUT2D eigenvalue weighted by Gasteiger charge is 2.27. The molecule has 0 saturated carbocycles. The third-order valence-corrected chi connectivity index (χ3v) is 7.07. The summed E-state index contributed by atoms with van der Waals surface area (Å²) in [5.74, 6) is 1.40. The Morgan fingerprint density at radius 3 is 2.67 bits per heavy atom. The van der Waals surface area contributed by atoms with Crippen molar-refractivity contribution in [2.45, 2.75) is 31.7 Å². The monoisotopic (exact) mass is 484 g/mol.